The lowest BCUT2D eigenvalue weighted by atomic mass is 10.1. The second-order valence-corrected chi connectivity index (χ2v) is 4.13. The molecule has 0 saturated carbocycles. The lowest BCUT2D eigenvalue weighted by molar-refractivity contribution is 0.186. The van der Waals surface area contributed by atoms with Gasteiger partial charge in [0.05, 0.1) is 6.61 Å². The van der Waals surface area contributed by atoms with Gasteiger partial charge in [0.1, 0.15) is 12.2 Å². The van der Waals surface area contributed by atoms with Crippen LogP contribution in [0.15, 0.2) is 30.6 Å². The zero-order chi connectivity index (χ0) is 12.8. The molecule has 0 aliphatic heterocycles. The summed E-state index contributed by atoms with van der Waals surface area (Å²) in [6.45, 7) is 1.45. The maximum absolute atomic E-state index is 5.92. The van der Waals surface area contributed by atoms with E-state index in [9.17, 15) is 0 Å². The minimum atomic E-state index is 0.665. The standard InChI is InChI=1S/C13H18N4O/c1-18-9-8-17-10-15-16-13(17)7-6-11-4-2-3-5-12(11)14/h2-5,10H,6-9,14H2,1H3. The molecule has 5 nitrogen and oxygen atoms in total. The van der Waals surface area contributed by atoms with Crippen LogP contribution in [0.1, 0.15) is 11.4 Å². The number of benzene rings is 1. The van der Waals surface area contributed by atoms with Crippen LogP contribution in [0.5, 0.6) is 0 Å². The van der Waals surface area contributed by atoms with Crippen molar-refractivity contribution in [2.45, 2.75) is 19.4 Å². The van der Waals surface area contributed by atoms with E-state index in [0.717, 1.165) is 36.5 Å². The first-order valence-electron chi connectivity index (χ1n) is 6.00. The number of rotatable bonds is 6. The zero-order valence-corrected chi connectivity index (χ0v) is 10.5. The van der Waals surface area contributed by atoms with Crippen molar-refractivity contribution in [3.8, 4) is 0 Å². The largest absolute Gasteiger partial charge is 0.399 e. The molecule has 96 valence electrons. The molecule has 0 atom stereocenters. The van der Waals surface area contributed by atoms with E-state index in [-0.39, 0.29) is 0 Å². The van der Waals surface area contributed by atoms with Gasteiger partial charge in [-0.1, -0.05) is 18.2 Å². The summed E-state index contributed by atoms with van der Waals surface area (Å²) in [6.07, 6.45) is 3.44. The van der Waals surface area contributed by atoms with Crippen molar-refractivity contribution in [3.63, 3.8) is 0 Å². The number of nitrogen functional groups attached to an aromatic ring is 1. The first kappa shape index (κ1) is 12.6. The molecule has 0 saturated heterocycles. The van der Waals surface area contributed by atoms with Gasteiger partial charge in [0, 0.05) is 25.8 Å². The summed E-state index contributed by atoms with van der Waals surface area (Å²) in [5.74, 6) is 0.968. The minimum Gasteiger partial charge on any atom is -0.399 e. The molecule has 0 bridgehead atoms. The van der Waals surface area contributed by atoms with E-state index in [4.69, 9.17) is 10.5 Å². The lowest BCUT2D eigenvalue weighted by Gasteiger charge is -2.07. The highest BCUT2D eigenvalue weighted by Gasteiger charge is 2.05. The molecular formula is C13H18N4O. The fourth-order valence-corrected chi connectivity index (χ4v) is 1.86. The molecule has 18 heavy (non-hydrogen) atoms. The van der Waals surface area contributed by atoms with Gasteiger partial charge in [-0.2, -0.15) is 0 Å². The molecule has 1 heterocycles. The monoisotopic (exact) mass is 246 g/mol. The van der Waals surface area contributed by atoms with Crippen LogP contribution >= 0.6 is 0 Å². The molecule has 0 aliphatic carbocycles. The Kier molecular flexibility index (Phi) is 4.30. The van der Waals surface area contributed by atoms with Crippen LogP contribution in [0.3, 0.4) is 0 Å². The summed E-state index contributed by atoms with van der Waals surface area (Å²) in [4.78, 5) is 0. The third kappa shape index (κ3) is 3.07. The number of aryl methyl sites for hydroxylation is 2. The van der Waals surface area contributed by atoms with Crippen LogP contribution in [-0.2, 0) is 24.1 Å². The normalized spacial score (nSPS) is 10.7. The van der Waals surface area contributed by atoms with Crippen molar-refractivity contribution in [3.05, 3.63) is 42.0 Å². The Balaban J connectivity index is 1.98. The molecule has 2 aromatic rings. The van der Waals surface area contributed by atoms with Crippen LogP contribution in [0, 0.1) is 0 Å². The van der Waals surface area contributed by atoms with Gasteiger partial charge in [0.15, 0.2) is 0 Å². The van der Waals surface area contributed by atoms with Crippen molar-refractivity contribution >= 4 is 5.69 Å². The molecule has 5 heteroatoms. The van der Waals surface area contributed by atoms with Gasteiger partial charge in [0.25, 0.3) is 0 Å². The minimum absolute atomic E-state index is 0.665. The Labute approximate surface area is 107 Å². The Morgan fingerprint density at radius 3 is 2.89 bits per heavy atom. The maximum atomic E-state index is 5.92. The Hall–Kier alpha value is -1.88. The number of hydrogen-bond acceptors (Lipinski definition) is 4. The first-order chi connectivity index (χ1) is 8.81. The number of para-hydroxylation sites is 1. The fraction of sp³-hybridized carbons (Fsp3) is 0.385. The van der Waals surface area contributed by atoms with E-state index in [2.05, 4.69) is 10.2 Å². The molecule has 0 aliphatic rings. The van der Waals surface area contributed by atoms with Gasteiger partial charge in [0.2, 0.25) is 0 Å². The van der Waals surface area contributed by atoms with Crippen molar-refractivity contribution in [1.29, 1.82) is 0 Å². The fourth-order valence-electron chi connectivity index (χ4n) is 1.86. The number of nitrogens with two attached hydrogens (primary N) is 1. The SMILES string of the molecule is COCCn1cnnc1CCc1ccccc1N. The van der Waals surface area contributed by atoms with Gasteiger partial charge in [-0.15, -0.1) is 10.2 Å². The Morgan fingerprint density at radius 2 is 2.11 bits per heavy atom. The molecule has 0 amide bonds. The van der Waals surface area contributed by atoms with Crippen LogP contribution in [0.2, 0.25) is 0 Å². The highest BCUT2D eigenvalue weighted by Crippen LogP contribution is 2.13. The van der Waals surface area contributed by atoms with Crippen molar-refractivity contribution in [2.24, 2.45) is 0 Å². The molecule has 1 aromatic heterocycles. The average Bonchev–Trinajstić information content (AvgIpc) is 2.83. The van der Waals surface area contributed by atoms with Gasteiger partial charge in [-0.05, 0) is 18.1 Å². The summed E-state index contributed by atoms with van der Waals surface area (Å²) >= 11 is 0. The molecule has 1 aromatic carbocycles. The molecule has 0 unspecified atom stereocenters. The van der Waals surface area contributed by atoms with Crippen LogP contribution < -0.4 is 5.73 Å². The predicted octanol–water partition coefficient (Wildman–Crippen LogP) is 1.29. The van der Waals surface area contributed by atoms with E-state index < -0.39 is 0 Å². The lowest BCUT2D eigenvalue weighted by Crippen LogP contribution is -2.09. The van der Waals surface area contributed by atoms with Crippen LogP contribution in [0.25, 0.3) is 0 Å². The second-order valence-electron chi connectivity index (χ2n) is 4.13. The third-order valence-corrected chi connectivity index (χ3v) is 2.91. The van der Waals surface area contributed by atoms with Crippen LogP contribution in [0.4, 0.5) is 5.69 Å². The summed E-state index contributed by atoms with van der Waals surface area (Å²) in [5.41, 5.74) is 7.90. The second kappa shape index (κ2) is 6.16. The Bertz CT molecular complexity index is 495. The van der Waals surface area contributed by atoms with Gasteiger partial charge >= 0.3 is 0 Å². The van der Waals surface area contributed by atoms with E-state index in [1.165, 1.54) is 0 Å². The number of anilines is 1. The van der Waals surface area contributed by atoms with Crippen LogP contribution in [-0.4, -0.2) is 28.5 Å². The van der Waals surface area contributed by atoms with Gasteiger partial charge in [-0.3, -0.25) is 0 Å². The van der Waals surface area contributed by atoms with E-state index in [0.29, 0.717) is 6.61 Å². The molecule has 0 spiro atoms. The van der Waals surface area contributed by atoms with Crippen molar-refractivity contribution in [2.75, 3.05) is 19.5 Å². The molecule has 0 radical (unpaired) electrons. The average molecular weight is 246 g/mol. The number of methoxy groups -OCH3 is 1. The smallest absolute Gasteiger partial charge is 0.133 e. The predicted molar refractivity (Wildman–Crippen MR) is 70.2 cm³/mol. The number of aromatic nitrogens is 3. The van der Waals surface area contributed by atoms with Crippen molar-refractivity contribution < 1.29 is 4.74 Å². The third-order valence-electron chi connectivity index (χ3n) is 2.91. The topological polar surface area (TPSA) is 66.0 Å². The van der Waals surface area contributed by atoms with Crippen molar-refractivity contribution in [1.82, 2.24) is 14.8 Å². The number of hydrogen-bond donors (Lipinski definition) is 1. The summed E-state index contributed by atoms with van der Waals surface area (Å²) in [7, 11) is 1.69. The number of ether oxygens (including phenoxy) is 1. The molecular weight excluding hydrogens is 228 g/mol. The number of nitrogens with zero attached hydrogens (tertiary/aromatic N) is 3. The molecule has 0 fully saturated rings. The maximum Gasteiger partial charge on any atom is 0.133 e. The summed E-state index contributed by atoms with van der Waals surface area (Å²) in [6, 6.07) is 7.91. The first-order valence-corrected chi connectivity index (χ1v) is 6.00. The summed E-state index contributed by atoms with van der Waals surface area (Å²) < 4.78 is 7.07. The molecule has 2 rings (SSSR count). The quantitative estimate of drug-likeness (QED) is 0.780. The van der Waals surface area contributed by atoms with E-state index >= 15 is 0 Å². The zero-order valence-electron chi connectivity index (χ0n) is 10.5. The van der Waals surface area contributed by atoms with E-state index in [1.807, 2.05) is 28.8 Å². The Morgan fingerprint density at radius 1 is 1.28 bits per heavy atom. The summed E-state index contributed by atoms with van der Waals surface area (Å²) in [5, 5.41) is 8.07. The highest BCUT2D eigenvalue weighted by atomic mass is 16.5. The molecule has 2 N–H and O–H groups in total. The van der Waals surface area contributed by atoms with E-state index in [1.54, 1.807) is 13.4 Å². The van der Waals surface area contributed by atoms with Gasteiger partial charge < -0.3 is 15.0 Å². The highest BCUT2D eigenvalue weighted by molar-refractivity contribution is 5.46. The van der Waals surface area contributed by atoms with Gasteiger partial charge in [-0.25, -0.2) is 0 Å².